The number of hydrogen-bond acceptors (Lipinski definition) is 4. The van der Waals surface area contributed by atoms with Crippen LogP contribution in [0.4, 0.5) is 0 Å². The van der Waals surface area contributed by atoms with Gasteiger partial charge in [-0.2, -0.15) is 0 Å². The minimum absolute atomic E-state index is 0.147. The van der Waals surface area contributed by atoms with Crippen molar-refractivity contribution >= 4 is 29.0 Å². The normalized spacial score (nSPS) is 26.0. The molecule has 1 aliphatic heterocycles. The fraction of sp³-hybridized carbons (Fsp3) is 0.769. The van der Waals surface area contributed by atoms with E-state index in [9.17, 15) is 9.59 Å². The van der Waals surface area contributed by atoms with Crippen molar-refractivity contribution in [2.24, 2.45) is 16.9 Å². The Morgan fingerprint density at radius 2 is 1.85 bits per heavy atom. The van der Waals surface area contributed by atoms with Crippen LogP contribution in [0.1, 0.15) is 32.1 Å². The Morgan fingerprint density at radius 1 is 1.20 bits per heavy atom. The van der Waals surface area contributed by atoms with Gasteiger partial charge in [0.1, 0.15) is 6.04 Å². The summed E-state index contributed by atoms with van der Waals surface area (Å²) in [6.07, 6.45) is 4.25. The summed E-state index contributed by atoms with van der Waals surface area (Å²) in [4.78, 5) is 26.2. The second-order valence-corrected chi connectivity index (χ2v) is 5.94. The Hall–Kier alpha value is -1.21. The van der Waals surface area contributed by atoms with Gasteiger partial charge in [0.15, 0.2) is 0 Å². The first-order chi connectivity index (χ1) is 9.49. The molecule has 0 radical (unpaired) electrons. The van der Waals surface area contributed by atoms with E-state index in [4.69, 9.17) is 28.4 Å². The molecule has 0 spiro atoms. The minimum Gasteiger partial charge on any atom is -0.392 e. The monoisotopic (exact) mass is 299 g/mol. The number of morpholine rings is 1. The number of thiocarbonyl (C=S) groups is 1. The van der Waals surface area contributed by atoms with Crippen LogP contribution in [0.2, 0.25) is 0 Å². The number of hydrogen-bond donors (Lipinski definition) is 2. The molecule has 20 heavy (non-hydrogen) atoms. The molecular weight excluding hydrogens is 278 g/mol. The van der Waals surface area contributed by atoms with Gasteiger partial charge in [0.2, 0.25) is 11.8 Å². The van der Waals surface area contributed by atoms with Crippen LogP contribution in [0, 0.1) is 5.41 Å². The zero-order chi connectivity index (χ0) is 14.8. The van der Waals surface area contributed by atoms with Crippen LogP contribution < -0.4 is 11.5 Å². The first-order valence-corrected chi connectivity index (χ1v) is 7.38. The van der Waals surface area contributed by atoms with E-state index < -0.39 is 17.4 Å². The van der Waals surface area contributed by atoms with Gasteiger partial charge in [-0.15, -0.1) is 0 Å². The highest BCUT2D eigenvalue weighted by Crippen LogP contribution is 2.39. The van der Waals surface area contributed by atoms with E-state index in [0.717, 1.165) is 19.3 Å². The Balaban J connectivity index is 2.26. The van der Waals surface area contributed by atoms with Crippen LogP contribution in [0.5, 0.6) is 0 Å². The molecule has 1 aliphatic carbocycles. The van der Waals surface area contributed by atoms with Crippen LogP contribution >= 0.6 is 12.2 Å². The number of rotatable bonds is 3. The van der Waals surface area contributed by atoms with E-state index in [1.54, 1.807) is 0 Å². The van der Waals surface area contributed by atoms with E-state index in [1.807, 2.05) is 0 Å². The van der Waals surface area contributed by atoms with Crippen LogP contribution in [0.3, 0.4) is 0 Å². The maximum Gasteiger partial charge on any atom is 0.242 e. The molecule has 112 valence electrons. The SMILES string of the molecule is NC(=O)C1COCCN1C(=O)C1(C(N)=S)CCCCC1. The Kier molecular flexibility index (Phi) is 4.59. The fourth-order valence-corrected chi connectivity index (χ4v) is 3.37. The van der Waals surface area contributed by atoms with Gasteiger partial charge in [-0.25, -0.2) is 0 Å². The molecule has 7 heteroatoms. The summed E-state index contributed by atoms with van der Waals surface area (Å²) in [6, 6.07) is -0.718. The third-order valence-electron chi connectivity index (χ3n) is 4.31. The molecule has 1 unspecified atom stereocenters. The van der Waals surface area contributed by atoms with Crippen LogP contribution in [-0.2, 0) is 14.3 Å². The average Bonchev–Trinajstić information content (AvgIpc) is 2.47. The lowest BCUT2D eigenvalue weighted by atomic mass is 9.72. The summed E-state index contributed by atoms with van der Waals surface area (Å²) < 4.78 is 5.25. The van der Waals surface area contributed by atoms with Gasteiger partial charge in [-0.1, -0.05) is 31.5 Å². The number of nitrogens with zero attached hydrogens (tertiary/aromatic N) is 1. The molecule has 0 aromatic rings. The molecule has 2 fully saturated rings. The number of ether oxygens (including phenoxy) is 1. The number of primary amides is 1. The van der Waals surface area contributed by atoms with Crippen LogP contribution in [-0.4, -0.2) is 47.5 Å². The van der Waals surface area contributed by atoms with Crippen molar-refractivity contribution in [3.63, 3.8) is 0 Å². The first-order valence-electron chi connectivity index (χ1n) is 6.97. The fourth-order valence-electron chi connectivity index (χ4n) is 3.08. The third kappa shape index (κ3) is 2.64. The van der Waals surface area contributed by atoms with Crippen molar-refractivity contribution in [2.75, 3.05) is 19.8 Å². The highest BCUT2D eigenvalue weighted by molar-refractivity contribution is 7.80. The second-order valence-electron chi connectivity index (χ2n) is 5.50. The summed E-state index contributed by atoms with van der Waals surface area (Å²) in [5, 5.41) is 0. The molecule has 2 rings (SSSR count). The molecule has 1 atom stereocenters. The predicted molar refractivity (Wildman–Crippen MR) is 77.8 cm³/mol. The van der Waals surface area contributed by atoms with Gasteiger partial charge in [-0.05, 0) is 12.8 Å². The second kappa shape index (κ2) is 6.05. The van der Waals surface area contributed by atoms with Gasteiger partial charge in [0.25, 0.3) is 0 Å². The largest absolute Gasteiger partial charge is 0.392 e. The van der Waals surface area contributed by atoms with E-state index in [-0.39, 0.29) is 17.5 Å². The molecular formula is C13H21N3O3S. The van der Waals surface area contributed by atoms with Gasteiger partial charge in [0.05, 0.1) is 23.6 Å². The Morgan fingerprint density at radius 3 is 2.40 bits per heavy atom. The lowest BCUT2D eigenvalue weighted by Crippen LogP contribution is -2.61. The molecule has 4 N–H and O–H groups in total. The molecule has 6 nitrogen and oxygen atoms in total. The third-order valence-corrected chi connectivity index (χ3v) is 4.70. The predicted octanol–water partition coefficient (Wildman–Crippen LogP) is -0.0643. The van der Waals surface area contributed by atoms with E-state index in [2.05, 4.69) is 0 Å². The molecule has 0 bridgehead atoms. The molecule has 2 aliphatic rings. The zero-order valence-corrected chi connectivity index (χ0v) is 12.3. The van der Waals surface area contributed by atoms with Crippen molar-refractivity contribution in [1.29, 1.82) is 0 Å². The highest BCUT2D eigenvalue weighted by atomic mass is 32.1. The number of nitrogens with two attached hydrogens (primary N) is 2. The lowest BCUT2D eigenvalue weighted by Gasteiger charge is -2.42. The quantitative estimate of drug-likeness (QED) is 0.711. The van der Waals surface area contributed by atoms with Gasteiger partial charge in [-0.3, -0.25) is 9.59 Å². The molecule has 1 heterocycles. The summed E-state index contributed by atoms with van der Waals surface area (Å²) in [5.74, 6) is -0.705. The number of amides is 2. The topological polar surface area (TPSA) is 98.7 Å². The van der Waals surface area contributed by atoms with Crippen molar-refractivity contribution in [3.05, 3.63) is 0 Å². The van der Waals surface area contributed by atoms with Crippen molar-refractivity contribution in [1.82, 2.24) is 4.90 Å². The first kappa shape index (κ1) is 15.2. The summed E-state index contributed by atoms with van der Waals surface area (Å²) in [5.41, 5.74) is 10.4. The molecule has 0 aromatic heterocycles. The molecule has 0 aromatic carbocycles. The Labute approximate surface area is 123 Å². The molecule has 1 saturated heterocycles. The van der Waals surface area contributed by atoms with Crippen LogP contribution in [0.15, 0.2) is 0 Å². The zero-order valence-electron chi connectivity index (χ0n) is 11.5. The summed E-state index contributed by atoms with van der Waals surface area (Å²) in [7, 11) is 0. The van der Waals surface area contributed by atoms with Crippen molar-refractivity contribution in [2.45, 2.75) is 38.1 Å². The smallest absolute Gasteiger partial charge is 0.242 e. The number of carbonyl (C=O) groups excluding carboxylic acids is 2. The standard InChI is InChI=1S/C13H21N3O3S/c14-10(17)9-8-19-7-6-16(9)12(18)13(11(15)20)4-2-1-3-5-13/h9H,1-8H2,(H2,14,17)(H2,15,20). The van der Waals surface area contributed by atoms with Crippen molar-refractivity contribution in [3.8, 4) is 0 Å². The molecule has 1 saturated carbocycles. The Bertz CT molecular complexity index is 421. The van der Waals surface area contributed by atoms with Gasteiger partial charge in [0, 0.05) is 6.54 Å². The molecule has 2 amide bonds. The van der Waals surface area contributed by atoms with E-state index >= 15 is 0 Å². The lowest BCUT2D eigenvalue weighted by molar-refractivity contribution is -0.153. The summed E-state index contributed by atoms with van der Waals surface area (Å²) >= 11 is 5.16. The van der Waals surface area contributed by atoms with Crippen LogP contribution in [0.25, 0.3) is 0 Å². The van der Waals surface area contributed by atoms with Gasteiger partial charge >= 0.3 is 0 Å². The number of carbonyl (C=O) groups is 2. The van der Waals surface area contributed by atoms with E-state index in [1.165, 1.54) is 4.90 Å². The minimum atomic E-state index is -0.807. The highest BCUT2D eigenvalue weighted by Gasteiger charge is 2.47. The maximum absolute atomic E-state index is 12.9. The maximum atomic E-state index is 12.9. The average molecular weight is 299 g/mol. The summed E-state index contributed by atoms with van der Waals surface area (Å²) in [6.45, 7) is 0.911. The van der Waals surface area contributed by atoms with Gasteiger partial charge < -0.3 is 21.1 Å². The van der Waals surface area contributed by atoms with Crippen molar-refractivity contribution < 1.29 is 14.3 Å². The van der Waals surface area contributed by atoms with E-state index in [0.29, 0.717) is 26.0 Å².